The Morgan fingerprint density at radius 1 is 1.16 bits per heavy atom. The molecule has 2 rings (SSSR count). The molecule has 0 radical (unpaired) electrons. The first-order valence-corrected chi connectivity index (χ1v) is 11.7. The topological polar surface area (TPSA) is 87.7 Å². The van der Waals surface area contributed by atoms with Crippen LogP contribution in [0.3, 0.4) is 0 Å². The Kier molecular flexibility index (Phi) is 9.75. The molecule has 32 heavy (non-hydrogen) atoms. The summed E-state index contributed by atoms with van der Waals surface area (Å²) in [6.07, 6.45) is 5.11. The molecule has 0 aromatic heterocycles. The molecule has 0 aliphatic carbocycles. The molecule has 1 aromatic carbocycles. The number of allylic oxidation sites excluding steroid dienone is 1. The molecular weight excluding hydrogens is 406 g/mol. The first-order valence-electron chi connectivity index (χ1n) is 11.7. The number of amides is 3. The van der Waals surface area contributed by atoms with Gasteiger partial charge in [0.25, 0.3) is 0 Å². The van der Waals surface area contributed by atoms with Crippen molar-refractivity contribution in [2.45, 2.75) is 85.3 Å². The highest BCUT2D eigenvalue weighted by Gasteiger charge is 2.36. The zero-order valence-electron chi connectivity index (χ0n) is 20.0. The third-order valence-electron chi connectivity index (χ3n) is 5.37. The number of urea groups is 1. The first kappa shape index (κ1) is 25.4. The van der Waals surface area contributed by atoms with Gasteiger partial charge >= 0.3 is 12.0 Å². The number of ether oxygens (including phenoxy) is 1. The van der Waals surface area contributed by atoms with Crippen molar-refractivity contribution in [1.29, 1.82) is 0 Å². The molecule has 0 unspecified atom stereocenters. The van der Waals surface area contributed by atoms with E-state index in [-0.39, 0.29) is 18.0 Å². The molecule has 1 aromatic rings. The zero-order chi connectivity index (χ0) is 23.7. The predicted octanol–water partition coefficient (Wildman–Crippen LogP) is 5.30. The predicted molar refractivity (Wildman–Crippen MR) is 126 cm³/mol. The second-order valence-electron chi connectivity index (χ2n) is 8.47. The monoisotopic (exact) mass is 443 g/mol. The number of hydrogen-bond acceptors (Lipinski definition) is 4. The van der Waals surface area contributed by atoms with Gasteiger partial charge in [0.05, 0.1) is 17.7 Å². The maximum absolute atomic E-state index is 13.0. The molecule has 0 saturated carbocycles. The van der Waals surface area contributed by atoms with Crippen LogP contribution in [0, 0.1) is 0 Å². The van der Waals surface area contributed by atoms with Crippen LogP contribution in [-0.4, -0.2) is 35.5 Å². The minimum atomic E-state index is -0.650. The standard InChI is InChI=1S/C25H37N3O4/c1-6-8-9-10-14-21(29)26-20-13-11-12-19(16-20)23-22(24(30)32-17(3)4)18(5)28(15-7-2)25(31)27-23/h11-13,16-17,23H,6-10,14-15H2,1-5H3,(H,26,29)(H,27,31)/t23-/m1/s1. The Balaban J connectivity index is 2.29. The number of nitrogens with one attached hydrogen (secondary N) is 2. The van der Waals surface area contributed by atoms with E-state index in [1.807, 2.05) is 25.1 Å². The van der Waals surface area contributed by atoms with Crippen LogP contribution in [0.4, 0.5) is 10.5 Å². The van der Waals surface area contributed by atoms with Crippen molar-refractivity contribution in [2.24, 2.45) is 0 Å². The van der Waals surface area contributed by atoms with Gasteiger partial charge in [-0.3, -0.25) is 9.69 Å². The maximum Gasteiger partial charge on any atom is 0.338 e. The van der Waals surface area contributed by atoms with Gasteiger partial charge in [-0.25, -0.2) is 9.59 Å². The van der Waals surface area contributed by atoms with E-state index in [1.54, 1.807) is 31.7 Å². The van der Waals surface area contributed by atoms with Gasteiger partial charge in [0, 0.05) is 24.4 Å². The Hall–Kier alpha value is -2.83. The lowest BCUT2D eigenvalue weighted by molar-refractivity contribution is -0.143. The lowest BCUT2D eigenvalue weighted by Crippen LogP contribution is -2.48. The molecule has 0 bridgehead atoms. The lowest BCUT2D eigenvalue weighted by atomic mass is 9.94. The third-order valence-corrected chi connectivity index (χ3v) is 5.37. The summed E-state index contributed by atoms with van der Waals surface area (Å²) in [5.74, 6) is -0.486. The van der Waals surface area contributed by atoms with Crippen molar-refractivity contribution in [2.75, 3.05) is 11.9 Å². The zero-order valence-corrected chi connectivity index (χ0v) is 20.0. The van der Waals surface area contributed by atoms with E-state index < -0.39 is 12.0 Å². The molecule has 1 aliphatic heterocycles. The lowest BCUT2D eigenvalue weighted by Gasteiger charge is -2.35. The summed E-state index contributed by atoms with van der Waals surface area (Å²) in [5.41, 5.74) is 2.36. The van der Waals surface area contributed by atoms with Crippen molar-refractivity contribution < 1.29 is 19.1 Å². The number of benzene rings is 1. The minimum absolute atomic E-state index is 0.0359. The largest absolute Gasteiger partial charge is 0.459 e. The fourth-order valence-corrected chi connectivity index (χ4v) is 3.80. The van der Waals surface area contributed by atoms with Gasteiger partial charge in [-0.05, 0) is 51.3 Å². The van der Waals surface area contributed by atoms with E-state index in [0.717, 1.165) is 32.1 Å². The SMILES string of the molecule is CCCCCCC(=O)Nc1cccc([C@H]2NC(=O)N(CCC)C(C)=C2C(=O)OC(C)C)c1. The van der Waals surface area contributed by atoms with Crippen LogP contribution in [0.25, 0.3) is 0 Å². The molecule has 2 N–H and O–H groups in total. The summed E-state index contributed by atoms with van der Waals surface area (Å²) in [5, 5.41) is 5.88. The van der Waals surface area contributed by atoms with E-state index in [1.165, 1.54) is 0 Å². The Morgan fingerprint density at radius 2 is 1.91 bits per heavy atom. The quantitative estimate of drug-likeness (QED) is 0.359. The van der Waals surface area contributed by atoms with Crippen LogP contribution < -0.4 is 10.6 Å². The summed E-state index contributed by atoms with van der Waals surface area (Å²) < 4.78 is 5.49. The van der Waals surface area contributed by atoms with Gasteiger partial charge in [0.2, 0.25) is 5.91 Å². The molecule has 1 heterocycles. The fourth-order valence-electron chi connectivity index (χ4n) is 3.80. The van der Waals surface area contributed by atoms with Gasteiger partial charge in [0.1, 0.15) is 0 Å². The van der Waals surface area contributed by atoms with E-state index in [4.69, 9.17) is 4.74 Å². The number of rotatable bonds is 11. The van der Waals surface area contributed by atoms with E-state index in [0.29, 0.717) is 35.5 Å². The normalized spacial score (nSPS) is 16.2. The third kappa shape index (κ3) is 6.84. The Labute approximate surface area is 191 Å². The highest BCUT2D eigenvalue weighted by atomic mass is 16.5. The molecule has 7 nitrogen and oxygen atoms in total. The van der Waals surface area contributed by atoms with Crippen LogP contribution in [0.15, 0.2) is 35.5 Å². The molecular formula is C25H37N3O4. The van der Waals surface area contributed by atoms with Crippen molar-refractivity contribution in [3.05, 3.63) is 41.1 Å². The highest BCUT2D eigenvalue weighted by molar-refractivity contribution is 5.95. The second kappa shape index (κ2) is 12.3. The second-order valence-corrected chi connectivity index (χ2v) is 8.47. The number of esters is 1. The highest BCUT2D eigenvalue weighted by Crippen LogP contribution is 2.32. The van der Waals surface area contributed by atoms with E-state index >= 15 is 0 Å². The summed E-state index contributed by atoms with van der Waals surface area (Å²) in [6, 6.07) is 6.37. The summed E-state index contributed by atoms with van der Waals surface area (Å²) >= 11 is 0. The minimum Gasteiger partial charge on any atom is -0.459 e. The number of anilines is 1. The van der Waals surface area contributed by atoms with Crippen LogP contribution in [0.5, 0.6) is 0 Å². The average Bonchev–Trinajstić information content (AvgIpc) is 2.73. The van der Waals surface area contributed by atoms with Crippen LogP contribution in [0.2, 0.25) is 0 Å². The maximum atomic E-state index is 13.0. The molecule has 1 aliphatic rings. The van der Waals surface area contributed by atoms with Crippen molar-refractivity contribution in [3.8, 4) is 0 Å². The molecule has 0 fully saturated rings. The van der Waals surface area contributed by atoms with Gasteiger partial charge in [0.15, 0.2) is 0 Å². The van der Waals surface area contributed by atoms with Gasteiger partial charge in [-0.1, -0.05) is 45.2 Å². The smallest absolute Gasteiger partial charge is 0.338 e. The van der Waals surface area contributed by atoms with Crippen LogP contribution in [0.1, 0.15) is 84.7 Å². The molecule has 0 spiro atoms. The molecule has 7 heteroatoms. The van der Waals surface area contributed by atoms with Gasteiger partial charge in [-0.15, -0.1) is 0 Å². The van der Waals surface area contributed by atoms with Crippen LogP contribution in [-0.2, 0) is 14.3 Å². The van der Waals surface area contributed by atoms with E-state index in [9.17, 15) is 14.4 Å². The Bertz CT molecular complexity index is 847. The van der Waals surface area contributed by atoms with Crippen molar-refractivity contribution in [1.82, 2.24) is 10.2 Å². The summed E-state index contributed by atoms with van der Waals surface area (Å²) in [6.45, 7) is 10.00. The molecule has 1 atom stereocenters. The number of carbonyl (C=O) groups excluding carboxylic acids is 3. The number of carbonyl (C=O) groups is 3. The number of hydrogen-bond donors (Lipinski definition) is 2. The molecule has 176 valence electrons. The fraction of sp³-hybridized carbons (Fsp3) is 0.560. The van der Waals surface area contributed by atoms with Gasteiger partial charge < -0.3 is 15.4 Å². The number of unbranched alkanes of at least 4 members (excludes halogenated alkanes) is 3. The van der Waals surface area contributed by atoms with E-state index in [2.05, 4.69) is 17.6 Å². The summed E-state index contributed by atoms with van der Waals surface area (Å²) in [4.78, 5) is 39.6. The summed E-state index contributed by atoms with van der Waals surface area (Å²) in [7, 11) is 0. The average molecular weight is 444 g/mol. The van der Waals surface area contributed by atoms with Crippen LogP contribution >= 0.6 is 0 Å². The van der Waals surface area contributed by atoms with Crippen molar-refractivity contribution in [3.63, 3.8) is 0 Å². The number of nitrogens with zero attached hydrogens (tertiary/aromatic N) is 1. The van der Waals surface area contributed by atoms with Crippen molar-refractivity contribution >= 4 is 23.6 Å². The first-order chi connectivity index (χ1) is 15.3. The molecule has 0 saturated heterocycles. The molecule has 3 amide bonds. The Morgan fingerprint density at radius 3 is 2.56 bits per heavy atom. The van der Waals surface area contributed by atoms with Gasteiger partial charge in [-0.2, -0.15) is 0 Å².